The molecule has 2 atom stereocenters. The molecule has 0 amide bonds. The number of alkyl halides is 2. The molecule has 5 heteroatoms. The zero-order valence-electron chi connectivity index (χ0n) is 9.90. The second-order valence-electron chi connectivity index (χ2n) is 5.02. The Morgan fingerprint density at radius 3 is 2.44 bits per heavy atom. The van der Waals surface area contributed by atoms with Crippen LogP contribution in [0.5, 0.6) is 0 Å². The van der Waals surface area contributed by atoms with Crippen molar-refractivity contribution in [2.24, 2.45) is 0 Å². The summed E-state index contributed by atoms with van der Waals surface area (Å²) in [6.07, 6.45) is -1.23. The molecule has 2 saturated heterocycles. The van der Waals surface area contributed by atoms with Gasteiger partial charge in [-0.15, -0.1) is 0 Å². The Bertz CT molecular complexity index is 424. The van der Waals surface area contributed by atoms with Crippen molar-refractivity contribution in [1.82, 2.24) is 4.90 Å². The topological polar surface area (TPSA) is 6.48 Å². The Hall–Kier alpha value is -0.870. The number of halogens is 3. The van der Waals surface area contributed by atoms with Crippen LogP contribution in [-0.4, -0.2) is 43.0 Å². The highest BCUT2D eigenvalue weighted by Crippen LogP contribution is 2.35. The number of fused-ring (bicyclic) bond motifs is 2. The van der Waals surface area contributed by atoms with Crippen LogP contribution in [0.1, 0.15) is 6.42 Å². The van der Waals surface area contributed by atoms with E-state index in [1.54, 1.807) is 0 Å². The highest BCUT2D eigenvalue weighted by atomic mass is 35.5. The van der Waals surface area contributed by atoms with Crippen molar-refractivity contribution >= 4 is 17.3 Å². The van der Waals surface area contributed by atoms with Crippen LogP contribution in [0.25, 0.3) is 0 Å². The summed E-state index contributed by atoms with van der Waals surface area (Å²) in [7, 11) is 0. The first-order valence-electron chi connectivity index (χ1n) is 6.18. The zero-order valence-corrected chi connectivity index (χ0v) is 10.7. The summed E-state index contributed by atoms with van der Waals surface area (Å²) in [6, 6.07) is 8.40. The summed E-state index contributed by atoms with van der Waals surface area (Å²) >= 11 is 5.87. The molecular formula is C13H15ClF2N2. The Morgan fingerprint density at radius 2 is 1.89 bits per heavy atom. The van der Waals surface area contributed by atoms with Crippen molar-refractivity contribution in [2.45, 2.75) is 24.9 Å². The number of rotatable bonds is 3. The molecule has 2 nitrogen and oxygen atoms in total. The molecule has 3 rings (SSSR count). The van der Waals surface area contributed by atoms with Gasteiger partial charge in [-0.3, -0.25) is 4.90 Å². The van der Waals surface area contributed by atoms with Crippen LogP contribution in [0.3, 0.4) is 0 Å². The predicted octanol–water partition coefficient (Wildman–Crippen LogP) is 2.87. The molecule has 1 aromatic carbocycles. The molecule has 0 saturated carbocycles. The molecule has 1 aromatic rings. The van der Waals surface area contributed by atoms with E-state index in [1.807, 2.05) is 29.2 Å². The molecule has 2 heterocycles. The van der Waals surface area contributed by atoms with Crippen LogP contribution >= 0.6 is 11.6 Å². The summed E-state index contributed by atoms with van der Waals surface area (Å²) in [6.45, 7) is 1.51. The van der Waals surface area contributed by atoms with Crippen LogP contribution in [0.2, 0.25) is 5.02 Å². The van der Waals surface area contributed by atoms with Gasteiger partial charge in [0.2, 0.25) is 0 Å². The Morgan fingerprint density at radius 1 is 1.17 bits per heavy atom. The van der Waals surface area contributed by atoms with Gasteiger partial charge in [0.1, 0.15) is 0 Å². The van der Waals surface area contributed by atoms with E-state index in [2.05, 4.69) is 4.90 Å². The predicted molar refractivity (Wildman–Crippen MR) is 68.6 cm³/mol. The summed E-state index contributed by atoms with van der Waals surface area (Å²) in [5, 5.41) is 0.724. The number of nitrogens with zero attached hydrogens (tertiary/aromatic N) is 2. The minimum atomic E-state index is -2.23. The fourth-order valence-corrected chi connectivity index (χ4v) is 3.23. The average Bonchev–Trinajstić information content (AvgIpc) is 2.88. The minimum Gasteiger partial charge on any atom is -0.366 e. The molecule has 0 aromatic heterocycles. The van der Waals surface area contributed by atoms with Crippen LogP contribution in [0, 0.1) is 0 Å². The maximum absolute atomic E-state index is 12.4. The van der Waals surface area contributed by atoms with E-state index in [-0.39, 0.29) is 12.6 Å². The van der Waals surface area contributed by atoms with Gasteiger partial charge in [0.05, 0.1) is 6.54 Å². The van der Waals surface area contributed by atoms with E-state index < -0.39 is 6.43 Å². The van der Waals surface area contributed by atoms with Gasteiger partial charge in [-0.25, -0.2) is 8.78 Å². The van der Waals surface area contributed by atoms with Crippen molar-refractivity contribution in [2.75, 3.05) is 24.5 Å². The van der Waals surface area contributed by atoms with Crippen LogP contribution in [-0.2, 0) is 0 Å². The minimum absolute atomic E-state index is 0.0877. The molecule has 2 aliphatic heterocycles. The van der Waals surface area contributed by atoms with Gasteiger partial charge in [-0.1, -0.05) is 11.6 Å². The summed E-state index contributed by atoms with van der Waals surface area (Å²) in [5.74, 6) is 0. The molecule has 2 fully saturated rings. The third-order valence-electron chi connectivity index (χ3n) is 3.88. The maximum Gasteiger partial charge on any atom is 0.251 e. The highest BCUT2D eigenvalue weighted by Gasteiger charge is 2.43. The molecule has 2 aliphatic rings. The second-order valence-corrected chi connectivity index (χ2v) is 5.45. The largest absolute Gasteiger partial charge is 0.366 e. The smallest absolute Gasteiger partial charge is 0.251 e. The fraction of sp³-hybridized carbons (Fsp3) is 0.538. The fourth-order valence-electron chi connectivity index (χ4n) is 3.10. The summed E-state index contributed by atoms with van der Waals surface area (Å²) < 4.78 is 24.8. The molecular weight excluding hydrogens is 258 g/mol. The normalized spacial score (nSPS) is 27.4. The third kappa shape index (κ3) is 2.19. The van der Waals surface area contributed by atoms with Gasteiger partial charge in [-0.2, -0.15) is 0 Å². The van der Waals surface area contributed by atoms with Gasteiger partial charge >= 0.3 is 0 Å². The Kier molecular flexibility index (Phi) is 3.16. The van der Waals surface area contributed by atoms with Crippen LogP contribution in [0.4, 0.5) is 14.5 Å². The van der Waals surface area contributed by atoms with Gasteiger partial charge in [0, 0.05) is 35.9 Å². The quantitative estimate of drug-likeness (QED) is 0.835. The molecule has 18 heavy (non-hydrogen) atoms. The highest BCUT2D eigenvalue weighted by molar-refractivity contribution is 6.30. The molecule has 0 N–H and O–H groups in total. The van der Waals surface area contributed by atoms with E-state index in [1.165, 1.54) is 0 Å². The van der Waals surface area contributed by atoms with E-state index in [0.717, 1.165) is 30.2 Å². The first kappa shape index (κ1) is 12.2. The lowest BCUT2D eigenvalue weighted by atomic mass is 10.2. The number of hydrogen-bond donors (Lipinski definition) is 0. The molecule has 0 radical (unpaired) electrons. The number of hydrogen-bond acceptors (Lipinski definition) is 2. The molecule has 2 bridgehead atoms. The van der Waals surface area contributed by atoms with Gasteiger partial charge in [-0.05, 0) is 30.7 Å². The van der Waals surface area contributed by atoms with Crippen molar-refractivity contribution in [3.05, 3.63) is 29.3 Å². The number of anilines is 1. The summed E-state index contributed by atoms with van der Waals surface area (Å²) in [5.41, 5.74) is 1.14. The van der Waals surface area contributed by atoms with Crippen molar-refractivity contribution < 1.29 is 8.78 Å². The van der Waals surface area contributed by atoms with Gasteiger partial charge < -0.3 is 4.90 Å². The zero-order chi connectivity index (χ0) is 12.7. The first-order chi connectivity index (χ1) is 8.63. The third-order valence-corrected chi connectivity index (χ3v) is 4.14. The monoisotopic (exact) mass is 272 g/mol. The first-order valence-corrected chi connectivity index (χ1v) is 6.55. The van der Waals surface area contributed by atoms with Crippen LogP contribution in [0.15, 0.2) is 24.3 Å². The number of likely N-dealkylation sites (tertiary alicyclic amines) is 1. The number of benzene rings is 1. The van der Waals surface area contributed by atoms with Crippen molar-refractivity contribution in [3.8, 4) is 0 Å². The molecule has 0 aliphatic carbocycles. The molecule has 1 unspecified atom stereocenters. The Balaban J connectivity index is 1.68. The van der Waals surface area contributed by atoms with E-state index >= 15 is 0 Å². The lowest BCUT2D eigenvalue weighted by Gasteiger charge is -2.35. The van der Waals surface area contributed by atoms with Crippen molar-refractivity contribution in [1.29, 1.82) is 0 Å². The summed E-state index contributed by atoms with van der Waals surface area (Å²) in [4.78, 5) is 4.23. The van der Waals surface area contributed by atoms with Gasteiger partial charge in [0.15, 0.2) is 0 Å². The Labute approximate surface area is 110 Å². The van der Waals surface area contributed by atoms with Crippen molar-refractivity contribution in [3.63, 3.8) is 0 Å². The van der Waals surface area contributed by atoms with E-state index in [9.17, 15) is 8.78 Å². The molecule has 0 spiro atoms. The lowest BCUT2D eigenvalue weighted by Crippen LogP contribution is -2.47. The second kappa shape index (κ2) is 4.67. The van der Waals surface area contributed by atoms with E-state index in [4.69, 9.17) is 11.6 Å². The standard InChI is InChI=1S/C13H15ClF2N2/c14-9-1-3-10(4-2-9)18-7-11-5-12(18)6-17(11)8-13(15)16/h1-4,11-13H,5-8H2/t11?,12-/m0/s1. The maximum atomic E-state index is 12.4. The SMILES string of the molecule is FC(F)CN1C[C@@H]2CC1CN2c1ccc(Cl)cc1. The lowest BCUT2D eigenvalue weighted by molar-refractivity contribution is 0.0791. The van der Waals surface area contributed by atoms with E-state index in [0.29, 0.717) is 6.04 Å². The molecule has 98 valence electrons. The number of piperazine rings is 1. The average molecular weight is 273 g/mol. The van der Waals surface area contributed by atoms with Crippen LogP contribution < -0.4 is 4.90 Å². The van der Waals surface area contributed by atoms with Gasteiger partial charge in [0.25, 0.3) is 6.43 Å².